The van der Waals surface area contributed by atoms with Gasteiger partial charge in [0.1, 0.15) is 11.5 Å². The van der Waals surface area contributed by atoms with Crippen molar-refractivity contribution >= 4 is 10.0 Å². The molecule has 2 aromatic carbocycles. The van der Waals surface area contributed by atoms with Gasteiger partial charge in [-0.3, -0.25) is 0 Å². The Hall–Kier alpha value is -2.05. The molecule has 0 aliphatic heterocycles. The fourth-order valence-corrected chi connectivity index (χ4v) is 4.55. The van der Waals surface area contributed by atoms with E-state index in [2.05, 4.69) is 4.72 Å². The summed E-state index contributed by atoms with van der Waals surface area (Å²) in [5.74, 6) is 1.51. The van der Waals surface area contributed by atoms with E-state index < -0.39 is 10.0 Å². The van der Waals surface area contributed by atoms with Crippen LogP contribution in [0, 0.1) is 13.8 Å². The van der Waals surface area contributed by atoms with E-state index in [0.29, 0.717) is 28.3 Å². The van der Waals surface area contributed by atoms with E-state index in [1.54, 1.807) is 33.1 Å². The van der Waals surface area contributed by atoms with Gasteiger partial charge < -0.3 is 9.47 Å². The molecule has 5 nitrogen and oxygen atoms in total. The molecule has 2 aromatic rings. The number of sulfonamides is 1. The molecule has 27 heavy (non-hydrogen) atoms. The fraction of sp³-hybridized carbons (Fsp3) is 0.429. The zero-order valence-corrected chi connectivity index (χ0v) is 17.5. The molecule has 0 spiro atoms. The molecule has 0 radical (unpaired) electrons. The molecule has 0 aliphatic carbocycles. The van der Waals surface area contributed by atoms with Gasteiger partial charge in [-0.1, -0.05) is 12.1 Å². The van der Waals surface area contributed by atoms with E-state index in [-0.39, 0.29) is 6.10 Å². The van der Waals surface area contributed by atoms with Gasteiger partial charge in [-0.2, -0.15) is 0 Å². The summed E-state index contributed by atoms with van der Waals surface area (Å²) in [7, 11) is -1.98. The maximum absolute atomic E-state index is 12.7. The number of hydrogen-bond acceptors (Lipinski definition) is 4. The number of hydrogen-bond donors (Lipinski definition) is 1. The minimum atomic E-state index is -3.55. The van der Waals surface area contributed by atoms with Crippen LogP contribution in [0.2, 0.25) is 0 Å². The van der Waals surface area contributed by atoms with Crippen LogP contribution in [0.3, 0.4) is 0 Å². The van der Waals surface area contributed by atoms with Crippen molar-refractivity contribution in [1.82, 2.24) is 4.72 Å². The third-order valence-corrected chi connectivity index (χ3v) is 5.93. The lowest BCUT2D eigenvalue weighted by Gasteiger charge is -2.14. The van der Waals surface area contributed by atoms with Crippen LogP contribution in [0.15, 0.2) is 41.3 Å². The predicted octanol–water partition coefficient (Wildman–Crippen LogP) is 4.01. The van der Waals surface area contributed by atoms with Crippen molar-refractivity contribution < 1.29 is 17.9 Å². The van der Waals surface area contributed by atoms with E-state index >= 15 is 0 Å². The molecule has 1 N–H and O–H groups in total. The molecule has 6 heteroatoms. The number of methoxy groups -OCH3 is 1. The number of rotatable bonds is 9. The van der Waals surface area contributed by atoms with E-state index in [9.17, 15) is 8.42 Å². The van der Waals surface area contributed by atoms with Crippen molar-refractivity contribution in [3.05, 3.63) is 53.1 Å². The standard InChI is InChI=1S/C21H29NO4S/c1-15(2)26-19-10-8-18(9-11-19)7-6-12-22-27(23,24)21-16(3)13-20(25-5)14-17(21)4/h8-11,13-15,22H,6-7,12H2,1-5H3. The third-order valence-electron chi connectivity index (χ3n) is 4.17. The molecule has 2 rings (SSSR count). The summed E-state index contributed by atoms with van der Waals surface area (Å²) in [5.41, 5.74) is 2.52. The molecule has 0 aromatic heterocycles. The van der Waals surface area contributed by atoms with Crippen LogP contribution in [0.4, 0.5) is 0 Å². The largest absolute Gasteiger partial charge is 0.497 e. The van der Waals surface area contributed by atoms with Crippen molar-refractivity contribution in [2.75, 3.05) is 13.7 Å². The first-order chi connectivity index (χ1) is 12.7. The van der Waals surface area contributed by atoms with Crippen molar-refractivity contribution in [2.45, 2.75) is 51.5 Å². The van der Waals surface area contributed by atoms with E-state index in [1.807, 2.05) is 38.1 Å². The van der Waals surface area contributed by atoms with E-state index in [0.717, 1.165) is 24.2 Å². The van der Waals surface area contributed by atoms with Crippen LogP contribution in [0.25, 0.3) is 0 Å². The van der Waals surface area contributed by atoms with Gasteiger partial charge in [0.25, 0.3) is 0 Å². The smallest absolute Gasteiger partial charge is 0.241 e. The predicted molar refractivity (Wildman–Crippen MR) is 108 cm³/mol. The summed E-state index contributed by atoms with van der Waals surface area (Å²) in [5, 5.41) is 0. The van der Waals surface area contributed by atoms with Gasteiger partial charge in [0.2, 0.25) is 10.0 Å². The summed E-state index contributed by atoms with van der Waals surface area (Å²) in [6, 6.07) is 11.4. The van der Waals surface area contributed by atoms with E-state index in [4.69, 9.17) is 9.47 Å². The Morgan fingerprint density at radius 3 is 2.11 bits per heavy atom. The number of aryl methyl sites for hydroxylation is 3. The highest BCUT2D eigenvalue weighted by molar-refractivity contribution is 7.89. The Kier molecular flexibility index (Phi) is 7.27. The number of benzene rings is 2. The molecule has 148 valence electrons. The van der Waals surface area contributed by atoms with Crippen LogP contribution in [0.1, 0.15) is 37.0 Å². The summed E-state index contributed by atoms with van der Waals surface area (Å²) < 4.78 is 38.9. The molecule has 0 bridgehead atoms. The van der Waals surface area contributed by atoms with Crippen LogP contribution in [0.5, 0.6) is 11.5 Å². The molecule has 0 heterocycles. The minimum Gasteiger partial charge on any atom is -0.497 e. The SMILES string of the molecule is COc1cc(C)c(S(=O)(=O)NCCCc2ccc(OC(C)C)cc2)c(C)c1. The minimum absolute atomic E-state index is 0.148. The molecule has 0 fully saturated rings. The van der Waals surface area contributed by atoms with Crippen LogP contribution in [-0.2, 0) is 16.4 Å². The average Bonchev–Trinajstić information content (AvgIpc) is 2.58. The third kappa shape index (κ3) is 5.97. The lowest BCUT2D eigenvalue weighted by atomic mass is 10.1. The summed E-state index contributed by atoms with van der Waals surface area (Å²) in [4.78, 5) is 0.332. The second-order valence-electron chi connectivity index (χ2n) is 6.90. The maximum atomic E-state index is 12.7. The molecule has 0 atom stereocenters. The Morgan fingerprint density at radius 2 is 1.59 bits per heavy atom. The number of nitrogens with one attached hydrogen (secondary N) is 1. The Morgan fingerprint density at radius 1 is 1.00 bits per heavy atom. The molecule has 0 saturated heterocycles. The van der Waals surface area contributed by atoms with E-state index in [1.165, 1.54) is 0 Å². The van der Waals surface area contributed by atoms with Crippen LogP contribution >= 0.6 is 0 Å². The first kappa shape index (κ1) is 21.3. The molecule has 0 unspecified atom stereocenters. The highest BCUT2D eigenvalue weighted by atomic mass is 32.2. The summed E-state index contributed by atoms with van der Waals surface area (Å²) in [6.07, 6.45) is 1.67. The Balaban J connectivity index is 1.93. The lowest BCUT2D eigenvalue weighted by molar-refractivity contribution is 0.242. The normalized spacial score (nSPS) is 11.6. The molecule has 0 amide bonds. The fourth-order valence-electron chi connectivity index (χ4n) is 3.03. The lowest BCUT2D eigenvalue weighted by Crippen LogP contribution is -2.26. The Labute approximate surface area is 162 Å². The summed E-state index contributed by atoms with van der Waals surface area (Å²) >= 11 is 0. The second kappa shape index (κ2) is 9.24. The monoisotopic (exact) mass is 391 g/mol. The molecular weight excluding hydrogens is 362 g/mol. The van der Waals surface area contributed by atoms with Gasteiger partial charge in [0.05, 0.1) is 18.1 Å². The highest BCUT2D eigenvalue weighted by Gasteiger charge is 2.19. The van der Waals surface area contributed by atoms with Gasteiger partial charge in [-0.25, -0.2) is 13.1 Å². The molecule has 0 saturated carbocycles. The maximum Gasteiger partial charge on any atom is 0.241 e. The summed E-state index contributed by atoms with van der Waals surface area (Å²) in [6.45, 7) is 7.94. The highest BCUT2D eigenvalue weighted by Crippen LogP contribution is 2.25. The van der Waals surface area contributed by atoms with Crippen molar-refractivity contribution in [2.24, 2.45) is 0 Å². The van der Waals surface area contributed by atoms with Crippen LogP contribution < -0.4 is 14.2 Å². The topological polar surface area (TPSA) is 64.6 Å². The quantitative estimate of drug-likeness (QED) is 0.656. The first-order valence-corrected chi connectivity index (χ1v) is 10.6. The average molecular weight is 392 g/mol. The zero-order chi connectivity index (χ0) is 20.0. The number of ether oxygens (including phenoxy) is 2. The van der Waals surface area contributed by atoms with Gasteiger partial charge >= 0.3 is 0 Å². The molecule has 0 aliphatic rings. The van der Waals surface area contributed by atoms with Gasteiger partial charge in [-0.05, 0) is 81.5 Å². The van der Waals surface area contributed by atoms with Crippen molar-refractivity contribution in [3.8, 4) is 11.5 Å². The Bertz CT molecular complexity index is 835. The zero-order valence-electron chi connectivity index (χ0n) is 16.7. The van der Waals surface area contributed by atoms with Gasteiger partial charge in [0, 0.05) is 6.54 Å². The first-order valence-electron chi connectivity index (χ1n) is 9.13. The molecular formula is C21H29NO4S. The van der Waals surface area contributed by atoms with Crippen molar-refractivity contribution in [3.63, 3.8) is 0 Å². The second-order valence-corrected chi connectivity index (χ2v) is 8.61. The van der Waals surface area contributed by atoms with Crippen LogP contribution in [-0.4, -0.2) is 28.2 Å². The van der Waals surface area contributed by atoms with Crippen molar-refractivity contribution in [1.29, 1.82) is 0 Å². The van der Waals surface area contributed by atoms with Gasteiger partial charge in [-0.15, -0.1) is 0 Å². The van der Waals surface area contributed by atoms with Gasteiger partial charge in [0.15, 0.2) is 0 Å².